The molecule has 0 unspecified atom stereocenters. The Balaban J connectivity index is 1.12. The summed E-state index contributed by atoms with van der Waals surface area (Å²) in [6, 6.07) is 58.1. The lowest BCUT2D eigenvalue weighted by atomic mass is 9.74. The van der Waals surface area contributed by atoms with Crippen LogP contribution in [0.4, 0.5) is 17.1 Å². The molecule has 1 atom stereocenters. The van der Waals surface area contributed by atoms with Gasteiger partial charge in [-0.25, -0.2) is 0 Å². The van der Waals surface area contributed by atoms with Gasteiger partial charge in [-0.2, -0.15) is 0 Å². The lowest BCUT2D eigenvalue weighted by Gasteiger charge is -2.29. The number of thiophene rings is 1. The average molecular weight is 580 g/mol. The fourth-order valence-electron chi connectivity index (χ4n) is 7.21. The van der Waals surface area contributed by atoms with Crippen molar-refractivity contribution in [3.05, 3.63) is 174 Å². The van der Waals surface area contributed by atoms with E-state index in [9.17, 15) is 0 Å². The summed E-state index contributed by atoms with van der Waals surface area (Å²) in [6.07, 6.45) is 0.961. The Hall–Kier alpha value is -5.18. The van der Waals surface area contributed by atoms with Gasteiger partial charge in [0.05, 0.1) is 0 Å². The van der Waals surface area contributed by atoms with Crippen LogP contribution in [0.3, 0.4) is 0 Å². The molecule has 1 aliphatic carbocycles. The molecule has 0 fully saturated rings. The maximum atomic E-state index is 2.38. The number of benzene rings is 7. The summed E-state index contributed by atoms with van der Waals surface area (Å²) in [7, 11) is 0. The van der Waals surface area contributed by atoms with E-state index in [1.165, 1.54) is 64.4 Å². The first-order chi connectivity index (χ1) is 21.8. The highest BCUT2D eigenvalue weighted by Crippen LogP contribution is 2.47. The number of hydrogen-bond donors (Lipinski definition) is 0. The number of rotatable bonds is 5. The minimum Gasteiger partial charge on any atom is -0.310 e. The smallest absolute Gasteiger partial charge is 0.0468 e. The van der Waals surface area contributed by atoms with E-state index in [1.54, 1.807) is 0 Å². The van der Waals surface area contributed by atoms with Crippen LogP contribution in [0.15, 0.2) is 158 Å². The van der Waals surface area contributed by atoms with Crippen LogP contribution in [0, 0.1) is 0 Å². The molecular formula is C42H29NS. The van der Waals surface area contributed by atoms with Crippen molar-refractivity contribution in [2.45, 2.75) is 12.3 Å². The molecule has 2 heteroatoms. The van der Waals surface area contributed by atoms with Crippen molar-refractivity contribution in [2.24, 2.45) is 0 Å². The highest BCUT2D eigenvalue weighted by Gasteiger charge is 2.27. The Kier molecular flexibility index (Phi) is 5.89. The molecule has 0 amide bonds. The van der Waals surface area contributed by atoms with Gasteiger partial charge in [0, 0.05) is 43.2 Å². The molecule has 208 valence electrons. The van der Waals surface area contributed by atoms with E-state index in [-0.39, 0.29) is 0 Å². The van der Waals surface area contributed by atoms with Crippen molar-refractivity contribution in [1.29, 1.82) is 0 Å². The standard InChI is InChI=1S/C42H29NS/c1-2-12-30(13-3-1)43(32-24-25-41-39(27-32)35-16-6-7-19-40(35)44-41)31-22-20-28(21-23-31)26-38-34-15-5-4-14-33(34)36-17-8-10-29-11-9-18-37(38)42(29)36/h1-25,27,38H,26H2/t38-/m0/s1. The Bertz CT molecular complexity index is 2310. The Morgan fingerprint density at radius 3 is 2.02 bits per heavy atom. The summed E-state index contributed by atoms with van der Waals surface area (Å²) < 4.78 is 2.65. The van der Waals surface area contributed by atoms with Crippen molar-refractivity contribution >= 4 is 59.3 Å². The van der Waals surface area contributed by atoms with Crippen LogP contribution in [0.2, 0.25) is 0 Å². The van der Waals surface area contributed by atoms with Gasteiger partial charge in [0.15, 0.2) is 0 Å². The number of para-hydroxylation sites is 1. The second-order valence-corrected chi connectivity index (χ2v) is 12.8. The monoisotopic (exact) mass is 579 g/mol. The van der Waals surface area contributed by atoms with Crippen LogP contribution in [0.5, 0.6) is 0 Å². The van der Waals surface area contributed by atoms with E-state index in [4.69, 9.17) is 0 Å². The molecule has 0 saturated carbocycles. The Morgan fingerprint density at radius 2 is 1.14 bits per heavy atom. The van der Waals surface area contributed by atoms with E-state index >= 15 is 0 Å². The zero-order chi connectivity index (χ0) is 29.0. The topological polar surface area (TPSA) is 3.24 Å². The van der Waals surface area contributed by atoms with Gasteiger partial charge in [-0.15, -0.1) is 11.3 Å². The van der Waals surface area contributed by atoms with Crippen LogP contribution >= 0.6 is 11.3 Å². The molecule has 1 aromatic heterocycles. The van der Waals surface area contributed by atoms with Crippen LogP contribution in [0.1, 0.15) is 22.6 Å². The SMILES string of the molecule is c1ccc(N(c2ccc(C[C@H]3c4ccccc4-c4cccc5cccc3c45)cc2)c2ccc3sc4ccccc4c3c2)cc1. The molecular weight excluding hydrogens is 551 g/mol. The molecule has 8 aromatic rings. The zero-order valence-corrected chi connectivity index (χ0v) is 25.0. The second kappa shape index (κ2) is 10.2. The summed E-state index contributed by atoms with van der Waals surface area (Å²) in [4.78, 5) is 2.38. The quantitative estimate of drug-likeness (QED) is 0.196. The fraction of sp³-hybridized carbons (Fsp3) is 0.0476. The van der Waals surface area contributed by atoms with E-state index in [0.717, 1.165) is 17.8 Å². The third-order valence-corrected chi connectivity index (χ3v) is 10.4. The Labute approximate surface area is 261 Å². The van der Waals surface area contributed by atoms with Crippen molar-refractivity contribution in [3.63, 3.8) is 0 Å². The molecule has 0 aliphatic heterocycles. The molecule has 7 aromatic carbocycles. The van der Waals surface area contributed by atoms with Crippen molar-refractivity contribution < 1.29 is 0 Å². The molecule has 1 aliphatic rings. The Morgan fingerprint density at radius 1 is 0.477 bits per heavy atom. The molecule has 0 saturated heterocycles. The highest BCUT2D eigenvalue weighted by molar-refractivity contribution is 7.25. The van der Waals surface area contributed by atoms with E-state index in [1.807, 2.05) is 11.3 Å². The van der Waals surface area contributed by atoms with Gasteiger partial charge in [0.1, 0.15) is 0 Å². The third kappa shape index (κ3) is 4.06. The van der Waals surface area contributed by atoms with Gasteiger partial charge in [0.2, 0.25) is 0 Å². The third-order valence-electron chi connectivity index (χ3n) is 9.21. The van der Waals surface area contributed by atoms with Gasteiger partial charge in [-0.3, -0.25) is 0 Å². The fourth-order valence-corrected chi connectivity index (χ4v) is 8.30. The first-order valence-electron chi connectivity index (χ1n) is 15.3. The number of fused-ring (bicyclic) bond motifs is 5. The molecule has 44 heavy (non-hydrogen) atoms. The molecule has 1 nitrogen and oxygen atoms in total. The number of nitrogens with zero attached hydrogens (tertiary/aromatic N) is 1. The maximum absolute atomic E-state index is 2.38. The van der Waals surface area contributed by atoms with E-state index in [0.29, 0.717) is 5.92 Å². The van der Waals surface area contributed by atoms with Crippen LogP contribution in [-0.4, -0.2) is 0 Å². The van der Waals surface area contributed by atoms with Gasteiger partial charge in [0.25, 0.3) is 0 Å². The summed E-state index contributed by atoms with van der Waals surface area (Å²) in [6.45, 7) is 0. The van der Waals surface area contributed by atoms with Crippen LogP contribution in [0.25, 0.3) is 42.1 Å². The van der Waals surface area contributed by atoms with Gasteiger partial charge in [-0.1, -0.05) is 109 Å². The molecule has 0 N–H and O–H groups in total. The minimum atomic E-state index is 0.315. The average Bonchev–Trinajstić information content (AvgIpc) is 3.46. The second-order valence-electron chi connectivity index (χ2n) is 11.7. The first-order valence-corrected chi connectivity index (χ1v) is 16.1. The molecule has 0 bridgehead atoms. The number of hydrogen-bond acceptors (Lipinski definition) is 2. The summed E-state index contributed by atoms with van der Waals surface area (Å²) in [5.74, 6) is 0.315. The first kappa shape index (κ1) is 25.3. The maximum Gasteiger partial charge on any atom is 0.0468 e. The lowest BCUT2D eigenvalue weighted by molar-refractivity contribution is 0.809. The van der Waals surface area contributed by atoms with Crippen LogP contribution in [-0.2, 0) is 6.42 Å². The van der Waals surface area contributed by atoms with Crippen molar-refractivity contribution in [3.8, 4) is 11.1 Å². The predicted molar refractivity (Wildman–Crippen MR) is 189 cm³/mol. The van der Waals surface area contributed by atoms with Crippen LogP contribution < -0.4 is 4.90 Å². The highest BCUT2D eigenvalue weighted by atomic mass is 32.1. The molecule has 0 spiro atoms. The minimum absolute atomic E-state index is 0.315. The van der Waals surface area contributed by atoms with Gasteiger partial charge >= 0.3 is 0 Å². The molecule has 0 radical (unpaired) electrons. The molecule has 9 rings (SSSR count). The number of anilines is 3. The van der Waals surface area contributed by atoms with Crippen molar-refractivity contribution in [1.82, 2.24) is 0 Å². The summed E-state index contributed by atoms with van der Waals surface area (Å²) in [5.41, 5.74) is 10.4. The molecule has 1 heterocycles. The predicted octanol–water partition coefficient (Wildman–Crippen LogP) is 12.0. The van der Waals surface area contributed by atoms with Gasteiger partial charge < -0.3 is 4.90 Å². The van der Waals surface area contributed by atoms with E-state index in [2.05, 4.69) is 163 Å². The normalized spacial score (nSPS) is 13.8. The summed E-state index contributed by atoms with van der Waals surface area (Å²) in [5, 5.41) is 5.36. The van der Waals surface area contributed by atoms with E-state index < -0.39 is 0 Å². The van der Waals surface area contributed by atoms with Gasteiger partial charge in [-0.05, 0) is 93.5 Å². The lowest BCUT2D eigenvalue weighted by Crippen LogP contribution is -2.12. The van der Waals surface area contributed by atoms with Crippen molar-refractivity contribution in [2.75, 3.05) is 4.90 Å². The summed E-state index contributed by atoms with van der Waals surface area (Å²) >= 11 is 1.86. The largest absolute Gasteiger partial charge is 0.310 e. The zero-order valence-electron chi connectivity index (χ0n) is 24.2.